The molecular weight excluding hydrogens is 251 g/mol. The van der Waals surface area contributed by atoms with Gasteiger partial charge < -0.3 is 5.73 Å². The number of anilines is 1. The summed E-state index contributed by atoms with van der Waals surface area (Å²) < 4.78 is 41.1. The summed E-state index contributed by atoms with van der Waals surface area (Å²) >= 11 is 0. The van der Waals surface area contributed by atoms with E-state index in [-0.39, 0.29) is 27.9 Å². The van der Waals surface area contributed by atoms with Gasteiger partial charge in [0.15, 0.2) is 17.5 Å². The molecule has 0 aliphatic rings. The van der Waals surface area contributed by atoms with Crippen LogP contribution in [0.1, 0.15) is 30.9 Å². The zero-order valence-electron chi connectivity index (χ0n) is 10.5. The fourth-order valence-electron chi connectivity index (χ4n) is 2.16. The number of fused-ring (bicyclic) bond motifs is 1. The molecule has 0 fully saturated rings. The van der Waals surface area contributed by atoms with Gasteiger partial charge in [0, 0.05) is 16.5 Å². The zero-order chi connectivity index (χ0) is 14.3. The van der Waals surface area contributed by atoms with Crippen LogP contribution in [0.3, 0.4) is 0 Å². The first-order chi connectivity index (χ1) is 8.88. The molecule has 0 unspecified atom stereocenters. The molecule has 0 amide bonds. The Kier molecular flexibility index (Phi) is 3.15. The minimum Gasteiger partial charge on any atom is -0.399 e. The predicted molar refractivity (Wildman–Crippen MR) is 70.3 cm³/mol. The lowest BCUT2D eigenvalue weighted by atomic mass is 9.91. The maximum Gasteiger partial charge on any atom is 0.196 e. The Labute approximate surface area is 109 Å². The molecule has 0 spiro atoms. The highest BCUT2D eigenvalue weighted by Crippen LogP contribution is 2.35. The highest BCUT2D eigenvalue weighted by Gasteiger charge is 2.22. The summed E-state index contributed by atoms with van der Waals surface area (Å²) in [5, 5.41) is 0.124. The number of hydrogen-bond acceptors (Lipinski definition) is 1. The SMILES string of the molecule is C#Cc1c(F)c(F)c(F)c2cc(N)cc(C(C)C)c12. The standard InChI is InChI=1S/C15H12F3N/c1-4-9-12-10(7(2)3)5-8(19)6-11(12)14(17)15(18)13(9)16/h1,5-7H,19H2,2-3H3. The maximum absolute atomic E-state index is 13.9. The monoisotopic (exact) mass is 263 g/mol. The second-order valence-corrected chi connectivity index (χ2v) is 4.65. The van der Waals surface area contributed by atoms with Crippen LogP contribution in [0.15, 0.2) is 12.1 Å². The minimum absolute atomic E-state index is 0.0534. The molecule has 0 radical (unpaired) electrons. The number of benzene rings is 2. The molecule has 4 heteroatoms. The van der Waals surface area contributed by atoms with Gasteiger partial charge in [-0.3, -0.25) is 0 Å². The fourth-order valence-corrected chi connectivity index (χ4v) is 2.16. The summed E-state index contributed by atoms with van der Waals surface area (Å²) in [5.41, 5.74) is 6.29. The van der Waals surface area contributed by atoms with E-state index in [4.69, 9.17) is 12.2 Å². The van der Waals surface area contributed by atoms with Crippen LogP contribution in [-0.4, -0.2) is 0 Å². The van der Waals surface area contributed by atoms with E-state index in [9.17, 15) is 13.2 Å². The third-order valence-corrected chi connectivity index (χ3v) is 3.05. The van der Waals surface area contributed by atoms with Crippen LogP contribution in [0.25, 0.3) is 10.8 Å². The van der Waals surface area contributed by atoms with E-state index in [2.05, 4.69) is 5.92 Å². The summed E-state index contributed by atoms with van der Waals surface area (Å²) in [5.74, 6) is -2.12. The molecule has 2 aromatic carbocycles. The van der Waals surface area contributed by atoms with Gasteiger partial charge in [-0.25, -0.2) is 13.2 Å². The summed E-state index contributed by atoms with van der Waals surface area (Å²) in [7, 11) is 0. The normalized spacial score (nSPS) is 11.0. The number of nitrogen functional groups attached to an aromatic ring is 1. The van der Waals surface area contributed by atoms with E-state index in [1.807, 2.05) is 13.8 Å². The largest absolute Gasteiger partial charge is 0.399 e. The Morgan fingerprint density at radius 1 is 1.11 bits per heavy atom. The smallest absolute Gasteiger partial charge is 0.196 e. The molecule has 0 heterocycles. The van der Waals surface area contributed by atoms with E-state index >= 15 is 0 Å². The van der Waals surface area contributed by atoms with Gasteiger partial charge in [0.05, 0.1) is 5.56 Å². The molecule has 0 saturated heterocycles. The Morgan fingerprint density at radius 3 is 2.26 bits per heavy atom. The summed E-state index contributed by atoms with van der Waals surface area (Å²) in [4.78, 5) is 0. The van der Waals surface area contributed by atoms with Crippen LogP contribution in [0.4, 0.5) is 18.9 Å². The van der Waals surface area contributed by atoms with Crippen molar-refractivity contribution in [2.24, 2.45) is 0 Å². The highest BCUT2D eigenvalue weighted by atomic mass is 19.2. The first-order valence-corrected chi connectivity index (χ1v) is 5.74. The van der Waals surface area contributed by atoms with Crippen LogP contribution in [0, 0.1) is 29.8 Å². The van der Waals surface area contributed by atoms with Gasteiger partial charge in [0.2, 0.25) is 0 Å². The molecule has 2 aromatic rings. The van der Waals surface area contributed by atoms with E-state index < -0.39 is 17.5 Å². The number of hydrogen-bond donors (Lipinski definition) is 1. The van der Waals surface area contributed by atoms with Gasteiger partial charge in [0.25, 0.3) is 0 Å². The third kappa shape index (κ3) is 1.91. The van der Waals surface area contributed by atoms with E-state index in [0.717, 1.165) is 0 Å². The van der Waals surface area contributed by atoms with Crippen LogP contribution >= 0.6 is 0 Å². The van der Waals surface area contributed by atoms with Crippen molar-refractivity contribution in [2.45, 2.75) is 19.8 Å². The van der Waals surface area contributed by atoms with Crippen molar-refractivity contribution in [1.29, 1.82) is 0 Å². The second-order valence-electron chi connectivity index (χ2n) is 4.65. The fraction of sp³-hybridized carbons (Fsp3) is 0.200. The van der Waals surface area contributed by atoms with Gasteiger partial charge >= 0.3 is 0 Å². The second kappa shape index (κ2) is 4.51. The quantitative estimate of drug-likeness (QED) is 0.470. The molecule has 98 valence electrons. The Hall–Kier alpha value is -2.15. The zero-order valence-corrected chi connectivity index (χ0v) is 10.5. The molecule has 1 nitrogen and oxygen atoms in total. The summed E-state index contributed by atoms with van der Waals surface area (Å²) in [6.45, 7) is 3.68. The molecule has 0 aliphatic carbocycles. The topological polar surface area (TPSA) is 26.0 Å². The van der Waals surface area contributed by atoms with Crippen molar-refractivity contribution >= 4 is 16.5 Å². The van der Waals surface area contributed by atoms with Crippen molar-refractivity contribution in [1.82, 2.24) is 0 Å². The number of nitrogens with two attached hydrogens (primary N) is 1. The lowest BCUT2D eigenvalue weighted by Gasteiger charge is -2.15. The van der Waals surface area contributed by atoms with Gasteiger partial charge in [-0.15, -0.1) is 6.42 Å². The highest BCUT2D eigenvalue weighted by molar-refractivity contribution is 5.94. The van der Waals surface area contributed by atoms with Crippen molar-refractivity contribution in [3.63, 3.8) is 0 Å². The predicted octanol–water partition coefficient (Wildman–Crippen LogP) is 3.94. The summed E-state index contributed by atoms with van der Waals surface area (Å²) in [6.07, 6.45) is 5.23. The average Bonchev–Trinajstić information content (AvgIpc) is 2.36. The van der Waals surface area contributed by atoms with Gasteiger partial charge in [-0.05, 0) is 23.6 Å². The Balaban J connectivity index is 3.12. The lowest BCUT2D eigenvalue weighted by molar-refractivity contribution is 0.452. The molecule has 2 rings (SSSR count). The van der Waals surface area contributed by atoms with E-state index in [1.54, 1.807) is 6.07 Å². The number of halogens is 3. The molecule has 19 heavy (non-hydrogen) atoms. The molecule has 0 saturated carbocycles. The van der Waals surface area contributed by atoms with Crippen molar-refractivity contribution < 1.29 is 13.2 Å². The first kappa shape index (κ1) is 13.3. The minimum atomic E-state index is -1.57. The maximum atomic E-state index is 13.9. The molecule has 0 aromatic heterocycles. The van der Waals surface area contributed by atoms with Crippen molar-refractivity contribution in [3.05, 3.63) is 40.7 Å². The molecule has 0 atom stereocenters. The van der Waals surface area contributed by atoms with Crippen molar-refractivity contribution in [2.75, 3.05) is 5.73 Å². The van der Waals surface area contributed by atoms with Crippen LogP contribution < -0.4 is 5.73 Å². The number of terminal acetylenes is 1. The average molecular weight is 263 g/mol. The van der Waals surface area contributed by atoms with Gasteiger partial charge in [-0.1, -0.05) is 19.8 Å². The number of rotatable bonds is 1. The molecule has 0 bridgehead atoms. The molecule has 0 aliphatic heterocycles. The summed E-state index contributed by atoms with van der Waals surface area (Å²) in [6, 6.07) is 2.87. The van der Waals surface area contributed by atoms with E-state index in [0.29, 0.717) is 5.56 Å². The lowest BCUT2D eigenvalue weighted by Crippen LogP contribution is -2.03. The Bertz CT molecular complexity index is 712. The molecule has 2 N–H and O–H groups in total. The first-order valence-electron chi connectivity index (χ1n) is 5.74. The molecular formula is C15H12F3N. The van der Waals surface area contributed by atoms with E-state index in [1.165, 1.54) is 6.07 Å². The van der Waals surface area contributed by atoms with Crippen LogP contribution in [-0.2, 0) is 0 Å². The van der Waals surface area contributed by atoms with Crippen LogP contribution in [0.2, 0.25) is 0 Å². The van der Waals surface area contributed by atoms with Crippen LogP contribution in [0.5, 0.6) is 0 Å². The third-order valence-electron chi connectivity index (χ3n) is 3.05. The Morgan fingerprint density at radius 2 is 1.74 bits per heavy atom. The van der Waals surface area contributed by atoms with Gasteiger partial charge in [-0.2, -0.15) is 0 Å². The van der Waals surface area contributed by atoms with Gasteiger partial charge in [0.1, 0.15) is 0 Å². The van der Waals surface area contributed by atoms with Crippen molar-refractivity contribution in [3.8, 4) is 12.3 Å².